The van der Waals surface area contributed by atoms with Crippen LogP contribution in [0, 0.1) is 17.1 Å². The van der Waals surface area contributed by atoms with E-state index >= 15 is 0 Å². The Bertz CT molecular complexity index is 677. The topological polar surface area (TPSA) is 41.1 Å². The molecule has 0 spiro atoms. The first-order valence-corrected chi connectivity index (χ1v) is 5.69. The molecular formula is C14H10FN3. The lowest BCUT2D eigenvalue weighted by atomic mass is 10.1. The van der Waals surface area contributed by atoms with Gasteiger partial charge in [0, 0.05) is 18.3 Å². The maximum absolute atomic E-state index is 13.3. The summed E-state index contributed by atoms with van der Waals surface area (Å²) in [5.41, 5.74) is 2.96. The van der Waals surface area contributed by atoms with Crippen LogP contribution < -0.4 is 0 Å². The number of rotatable bonds is 1. The second-order valence-corrected chi connectivity index (χ2v) is 4.14. The van der Waals surface area contributed by atoms with E-state index < -0.39 is 0 Å². The van der Waals surface area contributed by atoms with E-state index in [2.05, 4.69) is 11.1 Å². The van der Waals surface area contributed by atoms with Gasteiger partial charge in [0.15, 0.2) is 0 Å². The van der Waals surface area contributed by atoms with Crippen LogP contribution in [0.1, 0.15) is 11.4 Å². The average Bonchev–Trinajstić information content (AvgIpc) is 2.77. The van der Waals surface area contributed by atoms with Crippen molar-refractivity contribution in [1.29, 1.82) is 5.26 Å². The first-order valence-electron chi connectivity index (χ1n) is 5.69. The molecule has 0 saturated carbocycles. The van der Waals surface area contributed by atoms with E-state index in [1.807, 2.05) is 16.7 Å². The number of hydrogen-bond acceptors (Lipinski definition) is 2. The molecule has 0 fully saturated rings. The third kappa shape index (κ3) is 1.61. The Labute approximate surface area is 104 Å². The van der Waals surface area contributed by atoms with Crippen LogP contribution in [0.25, 0.3) is 11.1 Å². The van der Waals surface area contributed by atoms with Gasteiger partial charge in [0.25, 0.3) is 0 Å². The van der Waals surface area contributed by atoms with Crippen LogP contribution in [-0.2, 0) is 6.54 Å². The van der Waals surface area contributed by atoms with Crippen molar-refractivity contribution in [2.75, 3.05) is 6.54 Å². The minimum absolute atomic E-state index is 0.297. The van der Waals surface area contributed by atoms with Gasteiger partial charge in [-0.05, 0) is 23.8 Å². The standard InChI is InChI=1S/C14H10FN3/c15-11-3-1-2-10(6-11)13-7-12-9-17-4-5-18(12)14(13)8-16/h1-3,6-7,9H,4-5H2. The van der Waals surface area contributed by atoms with Crippen LogP contribution >= 0.6 is 0 Å². The van der Waals surface area contributed by atoms with Crippen molar-refractivity contribution in [3.05, 3.63) is 47.5 Å². The third-order valence-electron chi connectivity index (χ3n) is 3.05. The molecule has 1 aromatic heterocycles. The molecule has 2 aromatic rings. The van der Waals surface area contributed by atoms with Crippen molar-refractivity contribution in [1.82, 2.24) is 4.57 Å². The lowest BCUT2D eigenvalue weighted by Crippen LogP contribution is -2.11. The Morgan fingerprint density at radius 2 is 2.22 bits per heavy atom. The summed E-state index contributed by atoms with van der Waals surface area (Å²) in [6.07, 6.45) is 1.76. The van der Waals surface area contributed by atoms with Crippen molar-refractivity contribution in [2.45, 2.75) is 6.54 Å². The van der Waals surface area contributed by atoms with Gasteiger partial charge in [-0.2, -0.15) is 5.26 Å². The molecule has 0 saturated heterocycles. The number of halogens is 1. The minimum Gasteiger partial charge on any atom is -0.329 e. The summed E-state index contributed by atoms with van der Waals surface area (Å²) in [6, 6.07) is 10.4. The number of nitrogens with zero attached hydrogens (tertiary/aromatic N) is 3. The van der Waals surface area contributed by atoms with Gasteiger partial charge in [-0.15, -0.1) is 0 Å². The molecule has 0 unspecified atom stereocenters. The van der Waals surface area contributed by atoms with E-state index in [0.717, 1.165) is 16.8 Å². The molecule has 88 valence electrons. The average molecular weight is 239 g/mol. The summed E-state index contributed by atoms with van der Waals surface area (Å²) < 4.78 is 15.2. The van der Waals surface area contributed by atoms with Crippen LogP contribution in [-0.4, -0.2) is 17.3 Å². The smallest absolute Gasteiger partial charge is 0.128 e. The molecule has 1 aliphatic heterocycles. The summed E-state index contributed by atoms with van der Waals surface area (Å²) in [6.45, 7) is 1.38. The van der Waals surface area contributed by atoms with Crippen LogP contribution in [0.3, 0.4) is 0 Å². The Morgan fingerprint density at radius 3 is 3.00 bits per heavy atom. The van der Waals surface area contributed by atoms with Gasteiger partial charge >= 0.3 is 0 Å². The molecule has 0 aliphatic carbocycles. The van der Waals surface area contributed by atoms with Crippen molar-refractivity contribution in [3.8, 4) is 17.2 Å². The van der Waals surface area contributed by atoms with Gasteiger partial charge in [0.05, 0.1) is 12.2 Å². The van der Waals surface area contributed by atoms with Gasteiger partial charge in [0.2, 0.25) is 0 Å². The Balaban J connectivity index is 2.22. The van der Waals surface area contributed by atoms with Gasteiger partial charge in [0.1, 0.15) is 17.6 Å². The molecule has 18 heavy (non-hydrogen) atoms. The molecule has 3 nitrogen and oxygen atoms in total. The monoisotopic (exact) mass is 239 g/mol. The zero-order valence-electron chi connectivity index (χ0n) is 9.60. The van der Waals surface area contributed by atoms with E-state index in [-0.39, 0.29) is 5.82 Å². The second-order valence-electron chi connectivity index (χ2n) is 4.14. The zero-order chi connectivity index (χ0) is 12.5. The third-order valence-corrected chi connectivity index (χ3v) is 3.05. The molecule has 0 radical (unpaired) electrons. The molecule has 1 aromatic carbocycles. The van der Waals surface area contributed by atoms with E-state index in [0.29, 0.717) is 18.8 Å². The van der Waals surface area contributed by atoms with Crippen molar-refractivity contribution >= 4 is 6.21 Å². The molecule has 1 aliphatic rings. The quantitative estimate of drug-likeness (QED) is 0.754. The lowest BCUT2D eigenvalue weighted by molar-refractivity contribution is 0.628. The fraction of sp³-hybridized carbons (Fsp3) is 0.143. The molecule has 0 amide bonds. The fourth-order valence-electron chi connectivity index (χ4n) is 2.23. The minimum atomic E-state index is -0.297. The van der Waals surface area contributed by atoms with E-state index in [9.17, 15) is 9.65 Å². The molecule has 4 heteroatoms. The number of benzene rings is 1. The summed E-state index contributed by atoms with van der Waals surface area (Å²) in [4.78, 5) is 4.19. The SMILES string of the molecule is N#Cc1c(-c2cccc(F)c2)cc2n1CCN=C2. The first kappa shape index (κ1) is 10.7. The molecule has 3 rings (SSSR count). The van der Waals surface area contributed by atoms with E-state index in [4.69, 9.17) is 0 Å². The summed E-state index contributed by atoms with van der Waals surface area (Å²) in [7, 11) is 0. The first-order chi connectivity index (χ1) is 8.79. The van der Waals surface area contributed by atoms with Crippen LogP contribution in [0.2, 0.25) is 0 Å². The highest BCUT2D eigenvalue weighted by Crippen LogP contribution is 2.28. The van der Waals surface area contributed by atoms with E-state index in [1.54, 1.807) is 12.3 Å². The number of fused-ring (bicyclic) bond motifs is 1. The molecule has 2 heterocycles. The maximum atomic E-state index is 13.3. The fourth-order valence-corrected chi connectivity index (χ4v) is 2.23. The number of aromatic nitrogens is 1. The largest absolute Gasteiger partial charge is 0.329 e. The number of hydrogen-bond donors (Lipinski definition) is 0. The Hall–Kier alpha value is -2.41. The maximum Gasteiger partial charge on any atom is 0.128 e. The van der Waals surface area contributed by atoms with Crippen LogP contribution in [0.15, 0.2) is 35.3 Å². The molecular weight excluding hydrogens is 229 g/mol. The summed E-state index contributed by atoms with van der Waals surface area (Å²) >= 11 is 0. The van der Waals surface area contributed by atoms with Gasteiger partial charge in [-0.3, -0.25) is 4.99 Å². The highest BCUT2D eigenvalue weighted by Gasteiger charge is 2.17. The lowest BCUT2D eigenvalue weighted by Gasteiger charge is -2.09. The normalized spacial score (nSPS) is 13.1. The van der Waals surface area contributed by atoms with E-state index in [1.165, 1.54) is 12.1 Å². The van der Waals surface area contributed by atoms with Crippen molar-refractivity contribution < 1.29 is 4.39 Å². The van der Waals surface area contributed by atoms with Gasteiger partial charge < -0.3 is 4.57 Å². The number of aliphatic imine (C=N–C) groups is 1. The van der Waals surface area contributed by atoms with Gasteiger partial charge in [-0.25, -0.2) is 4.39 Å². The molecule has 0 atom stereocenters. The number of nitriles is 1. The predicted molar refractivity (Wildman–Crippen MR) is 67.0 cm³/mol. The molecule has 0 bridgehead atoms. The van der Waals surface area contributed by atoms with Crippen LogP contribution in [0.5, 0.6) is 0 Å². The summed E-state index contributed by atoms with van der Waals surface area (Å²) in [5, 5.41) is 9.28. The zero-order valence-corrected chi connectivity index (χ0v) is 9.60. The Morgan fingerprint density at radius 1 is 1.33 bits per heavy atom. The Kier molecular flexibility index (Phi) is 2.45. The molecule has 0 N–H and O–H groups in total. The van der Waals surface area contributed by atoms with Crippen molar-refractivity contribution in [2.24, 2.45) is 4.99 Å². The van der Waals surface area contributed by atoms with Crippen LogP contribution in [0.4, 0.5) is 4.39 Å². The van der Waals surface area contributed by atoms with Crippen molar-refractivity contribution in [3.63, 3.8) is 0 Å². The predicted octanol–water partition coefficient (Wildman–Crippen LogP) is 2.60. The highest BCUT2D eigenvalue weighted by molar-refractivity contribution is 5.84. The van der Waals surface area contributed by atoms with Gasteiger partial charge in [-0.1, -0.05) is 12.1 Å². The summed E-state index contributed by atoms with van der Waals surface area (Å²) in [5.74, 6) is -0.297. The second kappa shape index (κ2) is 4.11. The highest BCUT2D eigenvalue weighted by atomic mass is 19.1.